The van der Waals surface area contributed by atoms with Crippen molar-refractivity contribution < 1.29 is 22.5 Å². The summed E-state index contributed by atoms with van der Waals surface area (Å²) in [7, 11) is -4.61. The first kappa shape index (κ1) is 23.7. The Labute approximate surface area is 211 Å². The zero-order valence-electron chi connectivity index (χ0n) is 15.7. The SMILES string of the molecule is CC(C)c1cc(S(=O)(=O)[O-])c2c(c1OC(=O)c1c(I)ccc(I)c1I)CCCC2. The number of halogens is 3. The molecule has 1 aliphatic rings. The molecule has 0 unspecified atom stereocenters. The zero-order valence-corrected chi connectivity index (χ0v) is 23.0. The lowest BCUT2D eigenvalue weighted by atomic mass is 9.87. The van der Waals surface area contributed by atoms with Gasteiger partial charge in [-0.05, 0) is 134 Å². The van der Waals surface area contributed by atoms with Gasteiger partial charge in [-0.25, -0.2) is 13.2 Å². The van der Waals surface area contributed by atoms with Gasteiger partial charge in [-0.1, -0.05) is 13.8 Å². The van der Waals surface area contributed by atoms with Crippen molar-refractivity contribution in [2.24, 2.45) is 0 Å². The van der Waals surface area contributed by atoms with E-state index in [1.54, 1.807) is 0 Å². The molecule has 5 nitrogen and oxygen atoms in total. The second-order valence-electron chi connectivity index (χ2n) is 7.17. The van der Waals surface area contributed by atoms with E-state index in [1.807, 2.05) is 26.0 Å². The van der Waals surface area contributed by atoms with Gasteiger partial charge in [0.2, 0.25) is 0 Å². The first-order chi connectivity index (χ1) is 13.5. The first-order valence-corrected chi connectivity index (χ1v) is 13.7. The molecular weight excluding hydrogens is 733 g/mol. The predicted molar refractivity (Wildman–Crippen MR) is 135 cm³/mol. The largest absolute Gasteiger partial charge is 0.744 e. The molecule has 0 amide bonds. The van der Waals surface area contributed by atoms with E-state index in [-0.39, 0.29) is 10.8 Å². The predicted octanol–water partition coefficient (Wildman–Crippen LogP) is 5.63. The van der Waals surface area contributed by atoms with E-state index in [4.69, 9.17) is 4.74 Å². The molecule has 156 valence electrons. The quantitative estimate of drug-likeness (QED) is 0.133. The van der Waals surface area contributed by atoms with E-state index < -0.39 is 16.1 Å². The number of carbonyl (C=O) groups excluding carboxylic acids is 1. The molecule has 0 heterocycles. The van der Waals surface area contributed by atoms with Gasteiger partial charge in [0.15, 0.2) is 0 Å². The summed E-state index contributed by atoms with van der Waals surface area (Å²) in [6, 6.07) is 5.22. The summed E-state index contributed by atoms with van der Waals surface area (Å²) >= 11 is 6.42. The number of esters is 1. The Morgan fingerprint density at radius 1 is 1.07 bits per heavy atom. The number of hydrogen-bond acceptors (Lipinski definition) is 5. The minimum absolute atomic E-state index is 0.112. The van der Waals surface area contributed by atoms with Crippen LogP contribution in [0.3, 0.4) is 0 Å². The summed E-state index contributed by atoms with van der Waals surface area (Å²) in [4.78, 5) is 13.0. The molecule has 29 heavy (non-hydrogen) atoms. The van der Waals surface area contributed by atoms with Crippen LogP contribution in [0.15, 0.2) is 23.1 Å². The number of rotatable bonds is 4. The lowest BCUT2D eigenvalue weighted by Gasteiger charge is -2.27. The first-order valence-electron chi connectivity index (χ1n) is 9.02. The van der Waals surface area contributed by atoms with E-state index in [1.165, 1.54) is 6.07 Å². The molecule has 2 aromatic carbocycles. The highest BCUT2D eigenvalue weighted by atomic mass is 127. The van der Waals surface area contributed by atoms with Gasteiger partial charge in [0.1, 0.15) is 15.9 Å². The van der Waals surface area contributed by atoms with Crippen LogP contribution in [0.4, 0.5) is 0 Å². The fourth-order valence-corrected chi connectivity index (χ4v) is 6.65. The number of ether oxygens (including phenoxy) is 1. The lowest BCUT2D eigenvalue weighted by Crippen LogP contribution is -2.19. The van der Waals surface area contributed by atoms with Gasteiger partial charge >= 0.3 is 5.97 Å². The maximum Gasteiger partial charge on any atom is 0.345 e. The summed E-state index contributed by atoms with van der Waals surface area (Å²) in [5, 5.41) is 0. The second kappa shape index (κ2) is 9.25. The Bertz CT molecular complexity index is 1090. The molecular formula is C20H18I3O5S-. The maximum atomic E-state index is 13.1. The molecule has 0 atom stereocenters. The van der Waals surface area contributed by atoms with Crippen LogP contribution in [0, 0.1) is 10.7 Å². The third-order valence-electron chi connectivity index (χ3n) is 4.92. The Kier molecular flexibility index (Phi) is 7.55. The zero-order chi connectivity index (χ0) is 21.5. The van der Waals surface area contributed by atoms with Crippen LogP contribution in [0.5, 0.6) is 5.75 Å². The van der Waals surface area contributed by atoms with E-state index in [0.29, 0.717) is 40.8 Å². The van der Waals surface area contributed by atoms with Crippen molar-refractivity contribution in [2.75, 3.05) is 0 Å². The molecule has 0 saturated carbocycles. The number of benzene rings is 2. The average molecular weight is 751 g/mol. The summed E-state index contributed by atoms with van der Waals surface area (Å²) in [5.41, 5.74) is 2.26. The number of hydrogen-bond donors (Lipinski definition) is 0. The van der Waals surface area contributed by atoms with Crippen LogP contribution in [-0.2, 0) is 23.0 Å². The van der Waals surface area contributed by atoms with Crippen molar-refractivity contribution in [3.63, 3.8) is 0 Å². The molecule has 0 radical (unpaired) electrons. The smallest absolute Gasteiger partial charge is 0.345 e. The molecule has 0 saturated heterocycles. The Morgan fingerprint density at radius 2 is 1.66 bits per heavy atom. The van der Waals surface area contributed by atoms with Crippen LogP contribution < -0.4 is 4.74 Å². The average Bonchev–Trinajstić information content (AvgIpc) is 2.64. The molecule has 0 spiro atoms. The summed E-state index contributed by atoms with van der Waals surface area (Å²) < 4.78 is 44.2. The fourth-order valence-electron chi connectivity index (χ4n) is 3.53. The Balaban J connectivity index is 2.20. The monoisotopic (exact) mass is 751 g/mol. The Hall–Kier alpha value is 0.0100. The van der Waals surface area contributed by atoms with Crippen molar-refractivity contribution in [1.82, 2.24) is 0 Å². The Morgan fingerprint density at radius 3 is 2.24 bits per heavy atom. The highest BCUT2D eigenvalue weighted by molar-refractivity contribution is 14.1. The van der Waals surface area contributed by atoms with Gasteiger partial charge in [-0.2, -0.15) is 0 Å². The fraction of sp³-hybridized carbons (Fsp3) is 0.350. The van der Waals surface area contributed by atoms with Crippen molar-refractivity contribution in [3.8, 4) is 5.75 Å². The van der Waals surface area contributed by atoms with Gasteiger partial charge in [0.05, 0.1) is 10.5 Å². The van der Waals surface area contributed by atoms with Crippen molar-refractivity contribution in [2.45, 2.75) is 50.3 Å². The maximum absolute atomic E-state index is 13.1. The van der Waals surface area contributed by atoms with Crippen LogP contribution in [0.1, 0.15) is 59.7 Å². The van der Waals surface area contributed by atoms with E-state index >= 15 is 0 Å². The molecule has 0 fully saturated rings. The van der Waals surface area contributed by atoms with Crippen molar-refractivity contribution >= 4 is 83.9 Å². The molecule has 0 bridgehead atoms. The van der Waals surface area contributed by atoms with E-state index in [0.717, 1.165) is 23.6 Å². The third kappa shape index (κ3) is 4.93. The summed E-state index contributed by atoms with van der Waals surface area (Å²) in [6.45, 7) is 3.78. The minimum atomic E-state index is -4.61. The van der Waals surface area contributed by atoms with E-state index in [9.17, 15) is 17.8 Å². The highest BCUT2D eigenvalue weighted by Crippen LogP contribution is 2.41. The second-order valence-corrected chi connectivity index (χ2v) is 11.9. The topological polar surface area (TPSA) is 83.5 Å². The molecule has 0 N–H and O–H groups in total. The lowest BCUT2D eigenvalue weighted by molar-refractivity contribution is 0.0728. The van der Waals surface area contributed by atoms with Crippen LogP contribution in [0.2, 0.25) is 0 Å². The molecule has 2 aromatic rings. The molecule has 0 aromatic heterocycles. The van der Waals surface area contributed by atoms with Crippen molar-refractivity contribution in [3.05, 3.63) is 51.2 Å². The van der Waals surface area contributed by atoms with Crippen LogP contribution >= 0.6 is 67.8 Å². The van der Waals surface area contributed by atoms with Crippen LogP contribution in [0.25, 0.3) is 0 Å². The number of carbonyl (C=O) groups is 1. The van der Waals surface area contributed by atoms with Gasteiger partial charge in [0, 0.05) is 10.7 Å². The molecule has 3 rings (SSSR count). The van der Waals surface area contributed by atoms with Gasteiger partial charge in [-0.3, -0.25) is 0 Å². The standard InChI is InChI=1S/C20H19I3O5S/c1-10(2)13-9-16(29(25,26)27)11-5-3-4-6-12(11)19(13)28-20(24)17-14(21)7-8-15(22)18(17)23/h7-10H,3-6H2,1-2H3,(H,25,26,27)/p-1. The summed E-state index contributed by atoms with van der Waals surface area (Å²) in [5.74, 6) is -0.165. The normalized spacial score (nSPS) is 14.0. The van der Waals surface area contributed by atoms with Crippen LogP contribution in [-0.4, -0.2) is 18.9 Å². The summed E-state index contributed by atoms with van der Waals surface area (Å²) in [6.07, 6.45) is 2.74. The molecule has 1 aliphatic carbocycles. The van der Waals surface area contributed by atoms with Crippen molar-refractivity contribution in [1.29, 1.82) is 0 Å². The van der Waals surface area contributed by atoms with E-state index in [2.05, 4.69) is 67.8 Å². The minimum Gasteiger partial charge on any atom is -0.744 e. The highest BCUT2D eigenvalue weighted by Gasteiger charge is 2.28. The molecule has 9 heteroatoms. The van der Waals surface area contributed by atoms with Gasteiger partial charge < -0.3 is 9.29 Å². The molecule has 0 aliphatic heterocycles. The number of fused-ring (bicyclic) bond motifs is 1. The van der Waals surface area contributed by atoms with Gasteiger partial charge in [0.25, 0.3) is 0 Å². The van der Waals surface area contributed by atoms with Gasteiger partial charge in [-0.15, -0.1) is 0 Å². The third-order valence-corrected chi connectivity index (χ3v) is 9.78.